The molecule has 1 aromatic rings. The van der Waals surface area contributed by atoms with Gasteiger partial charge in [-0.2, -0.15) is 0 Å². The van der Waals surface area contributed by atoms with Crippen LogP contribution in [0.15, 0.2) is 6.07 Å². The van der Waals surface area contributed by atoms with Crippen LogP contribution in [0.4, 0.5) is 5.69 Å². The molecule has 0 aliphatic heterocycles. The van der Waals surface area contributed by atoms with Gasteiger partial charge in [-0.25, -0.2) is 9.78 Å². The summed E-state index contributed by atoms with van der Waals surface area (Å²) in [6, 6.07) is 1.68. The lowest BCUT2D eigenvalue weighted by Gasteiger charge is -2.27. The molecule has 16 heavy (non-hydrogen) atoms. The number of ether oxygens (including phenoxy) is 1. The molecule has 0 unspecified atom stereocenters. The van der Waals surface area contributed by atoms with Gasteiger partial charge in [-0.05, 0) is 30.4 Å². The Bertz CT molecular complexity index is 427. The maximum absolute atomic E-state index is 11.1. The van der Waals surface area contributed by atoms with Gasteiger partial charge in [-0.15, -0.1) is 0 Å². The molecule has 0 spiro atoms. The summed E-state index contributed by atoms with van der Waals surface area (Å²) in [6.45, 7) is 0. The van der Waals surface area contributed by atoms with Crippen molar-refractivity contribution >= 4 is 11.7 Å². The monoisotopic (exact) mass is 222 g/mol. The average Bonchev–Trinajstić information content (AvgIpc) is 2.14. The fourth-order valence-electron chi connectivity index (χ4n) is 1.89. The Labute approximate surface area is 93.2 Å². The third kappa shape index (κ3) is 1.68. The number of pyridine rings is 1. The summed E-state index contributed by atoms with van der Waals surface area (Å²) in [6.07, 6.45) is 3.15. The van der Waals surface area contributed by atoms with Crippen molar-refractivity contribution in [1.82, 2.24) is 4.98 Å². The van der Waals surface area contributed by atoms with Crippen LogP contribution in [0.3, 0.4) is 0 Å². The van der Waals surface area contributed by atoms with E-state index < -0.39 is 5.97 Å². The van der Waals surface area contributed by atoms with Crippen LogP contribution in [0, 0.1) is 0 Å². The standard InChI is InChI=1S/C11H14N2O3/c1-16-10-8(12)5-7(6-3-2-4-6)9(13-10)11(14)15/h5-6H,2-4,12H2,1H3,(H,14,15). The summed E-state index contributed by atoms with van der Waals surface area (Å²) in [7, 11) is 1.42. The summed E-state index contributed by atoms with van der Waals surface area (Å²) in [5, 5.41) is 9.09. The first-order valence-electron chi connectivity index (χ1n) is 5.21. The molecule has 0 aromatic carbocycles. The number of carboxylic acid groups (broad SMARTS) is 1. The predicted octanol–water partition coefficient (Wildman–Crippen LogP) is 1.64. The van der Waals surface area contributed by atoms with Gasteiger partial charge in [0, 0.05) is 0 Å². The van der Waals surface area contributed by atoms with Crippen molar-refractivity contribution in [2.45, 2.75) is 25.2 Å². The van der Waals surface area contributed by atoms with E-state index in [1.807, 2.05) is 0 Å². The molecule has 2 rings (SSSR count). The summed E-state index contributed by atoms with van der Waals surface area (Å²) in [5.41, 5.74) is 6.93. The average molecular weight is 222 g/mol. The number of nitrogens with zero attached hydrogens (tertiary/aromatic N) is 1. The second-order valence-corrected chi connectivity index (χ2v) is 3.96. The molecule has 0 saturated heterocycles. The van der Waals surface area contributed by atoms with Crippen molar-refractivity contribution in [3.05, 3.63) is 17.3 Å². The van der Waals surface area contributed by atoms with E-state index in [2.05, 4.69) is 4.98 Å². The zero-order chi connectivity index (χ0) is 11.7. The highest BCUT2D eigenvalue weighted by Gasteiger charge is 2.27. The Morgan fingerprint density at radius 2 is 2.31 bits per heavy atom. The summed E-state index contributed by atoms with van der Waals surface area (Å²) >= 11 is 0. The van der Waals surface area contributed by atoms with Gasteiger partial charge >= 0.3 is 5.97 Å². The van der Waals surface area contributed by atoms with Gasteiger partial charge < -0.3 is 15.6 Å². The third-order valence-electron chi connectivity index (χ3n) is 2.99. The number of rotatable bonds is 3. The first-order chi connectivity index (χ1) is 7.63. The number of aromatic nitrogens is 1. The first-order valence-corrected chi connectivity index (χ1v) is 5.21. The molecular formula is C11H14N2O3. The van der Waals surface area contributed by atoms with Crippen molar-refractivity contribution in [1.29, 1.82) is 0 Å². The van der Waals surface area contributed by atoms with E-state index in [9.17, 15) is 4.79 Å². The summed E-state index contributed by atoms with van der Waals surface area (Å²) in [5.74, 6) is -0.563. The van der Waals surface area contributed by atoms with Crippen LogP contribution in [0.5, 0.6) is 5.88 Å². The van der Waals surface area contributed by atoms with Gasteiger partial charge in [0.25, 0.3) is 0 Å². The zero-order valence-electron chi connectivity index (χ0n) is 9.06. The van der Waals surface area contributed by atoms with E-state index in [-0.39, 0.29) is 17.5 Å². The Hall–Kier alpha value is -1.78. The zero-order valence-corrected chi connectivity index (χ0v) is 9.06. The van der Waals surface area contributed by atoms with Crippen LogP contribution in [-0.4, -0.2) is 23.2 Å². The van der Waals surface area contributed by atoms with Crippen LogP contribution in [0.1, 0.15) is 41.2 Å². The van der Waals surface area contributed by atoms with Crippen molar-refractivity contribution in [2.75, 3.05) is 12.8 Å². The maximum Gasteiger partial charge on any atom is 0.354 e. The van der Waals surface area contributed by atoms with Crippen LogP contribution >= 0.6 is 0 Å². The number of hydrogen-bond donors (Lipinski definition) is 2. The minimum Gasteiger partial charge on any atom is -0.480 e. The molecule has 0 radical (unpaired) electrons. The van der Waals surface area contributed by atoms with E-state index in [0.717, 1.165) is 24.8 Å². The van der Waals surface area contributed by atoms with Crippen LogP contribution < -0.4 is 10.5 Å². The minimum atomic E-state index is -1.03. The van der Waals surface area contributed by atoms with Gasteiger partial charge in [-0.1, -0.05) is 6.42 Å². The van der Waals surface area contributed by atoms with E-state index in [4.69, 9.17) is 15.6 Å². The van der Waals surface area contributed by atoms with E-state index in [0.29, 0.717) is 5.69 Å². The maximum atomic E-state index is 11.1. The molecule has 0 atom stereocenters. The molecule has 1 aromatic heterocycles. The minimum absolute atomic E-state index is 0.0655. The SMILES string of the molecule is COc1nc(C(=O)O)c(C2CCC2)cc1N. The molecule has 0 bridgehead atoms. The highest BCUT2D eigenvalue weighted by Crippen LogP contribution is 2.39. The fourth-order valence-corrected chi connectivity index (χ4v) is 1.89. The van der Waals surface area contributed by atoms with Crippen molar-refractivity contribution in [2.24, 2.45) is 0 Å². The molecule has 1 saturated carbocycles. The van der Waals surface area contributed by atoms with Gasteiger partial charge in [0.05, 0.1) is 12.8 Å². The molecule has 5 heteroatoms. The van der Waals surface area contributed by atoms with Crippen molar-refractivity contribution in [3.63, 3.8) is 0 Å². The second-order valence-electron chi connectivity index (χ2n) is 3.96. The predicted molar refractivity (Wildman–Crippen MR) is 58.8 cm³/mol. The fraction of sp³-hybridized carbons (Fsp3) is 0.455. The Morgan fingerprint density at radius 3 is 2.75 bits per heavy atom. The molecule has 0 amide bonds. The largest absolute Gasteiger partial charge is 0.480 e. The normalized spacial score (nSPS) is 15.6. The molecule has 1 heterocycles. The molecule has 3 N–H and O–H groups in total. The summed E-state index contributed by atoms with van der Waals surface area (Å²) < 4.78 is 4.92. The lowest BCUT2D eigenvalue weighted by atomic mass is 9.79. The van der Waals surface area contributed by atoms with Crippen molar-refractivity contribution < 1.29 is 14.6 Å². The molecule has 1 aliphatic carbocycles. The van der Waals surface area contributed by atoms with Gasteiger partial charge in [-0.3, -0.25) is 0 Å². The number of aromatic carboxylic acids is 1. The van der Waals surface area contributed by atoms with Crippen LogP contribution in [0.25, 0.3) is 0 Å². The molecule has 1 fully saturated rings. The van der Waals surface area contributed by atoms with E-state index in [1.54, 1.807) is 6.07 Å². The van der Waals surface area contributed by atoms with Gasteiger partial charge in [0.1, 0.15) is 0 Å². The highest BCUT2D eigenvalue weighted by molar-refractivity contribution is 5.88. The lowest BCUT2D eigenvalue weighted by Crippen LogP contribution is -2.16. The van der Waals surface area contributed by atoms with Crippen molar-refractivity contribution in [3.8, 4) is 5.88 Å². The molecule has 1 aliphatic rings. The third-order valence-corrected chi connectivity index (χ3v) is 2.99. The molecular weight excluding hydrogens is 208 g/mol. The smallest absolute Gasteiger partial charge is 0.354 e. The number of carbonyl (C=O) groups is 1. The summed E-state index contributed by atoms with van der Waals surface area (Å²) in [4.78, 5) is 15.0. The van der Waals surface area contributed by atoms with Gasteiger partial charge in [0.15, 0.2) is 5.69 Å². The Balaban J connectivity index is 2.48. The Kier molecular flexibility index (Phi) is 2.68. The molecule has 5 nitrogen and oxygen atoms in total. The molecule has 86 valence electrons. The lowest BCUT2D eigenvalue weighted by molar-refractivity contribution is 0.0686. The van der Waals surface area contributed by atoms with E-state index in [1.165, 1.54) is 7.11 Å². The highest BCUT2D eigenvalue weighted by atomic mass is 16.5. The Morgan fingerprint density at radius 1 is 1.62 bits per heavy atom. The first kappa shape index (κ1) is 10.7. The number of methoxy groups -OCH3 is 1. The number of nitrogen functional groups attached to an aromatic ring is 1. The number of hydrogen-bond acceptors (Lipinski definition) is 4. The number of carboxylic acids is 1. The quantitative estimate of drug-likeness (QED) is 0.811. The van der Waals surface area contributed by atoms with Gasteiger partial charge in [0.2, 0.25) is 5.88 Å². The number of nitrogens with two attached hydrogens (primary N) is 1. The van der Waals surface area contributed by atoms with Crippen LogP contribution in [-0.2, 0) is 0 Å². The second kappa shape index (κ2) is 4.00. The number of anilines is 1. The van der Waals surface area contributed by atoms with Crippen LogP contribution in [0.2, 0.25) is 0 Å². The topological polar surface area (TPSA) is 85.4 Å². The van der Waals surface area contributed by atoms with E-state index >= 15 is 0 Å².